The van der Waals surface area contributed by atoms with Gasteiger partial charge in [0, 0.05) is 33.5 Å². The highest BCUT2D eigenvalue weighted by molar-refractivity contribution is 7.85. The molecule has 0 N–H and O–H groups in total. The van der Waals surface area contributed by atoms with E-state index in [9.17, 15) is 0 Å². The highest BCUT2D eigenvalue weighted by atomic mass is 32.2. The minimum absolute atomic E-state index is 0.623. The quantitative estimate of drug-likeness (QED) is 0.179. The fourth-order valence-electron chi connectivity index (χ4n) is 10.3. The summed E-state index contributed by atoms with van der Waals surface area (Å²) in [5.74, 6) is 1.33. The minimum Gasteiger partial charge on any atom is -0.309 e. The maximum absolute atomic E-state index is 15.0. The van der Waals surface area contributed by atoms with E-state index in [1.54, 1.807) is 0 Å². The predicted octanol–water partition coefficient (Wildman–Crippen LogP) is 12.5. The minimum atomic E-state index is -1.46. The molecule has 5 nitrogen and oxygen atoms in total. The normalized spacial score (nSPS) is 16.7. The Morgan fingerprint density at radius 2 is 1.15 bits per heavy atom. The summed E-state index contributed by atoms with van der Waals surface area (Å²) in [7, 11) is -1.46. The van der Waals surface area contributed by atoms with Crippen LogP contribution in [-0.4, -0.2) is 18.7 Å². The van der Waals surface area contributed by atoms with Gasteiger partial charge in [-0.15, -0.1) is 0 Å². The van der Waals surface area contributed by atoms with Crippen molar-refractivity contribution in [1.82, 2.24) is 14.5 Å². The molecular formula is C53H32N4OS. The second kappa shape index (κ2) is 12.1. The number of fused-ring (bicyclic) bond motifs is 15. The summed E-state index contributed by atoms with van der Waals surface area (Å²) >= 11 is 0. The number of benzene rings is 8. The summed E-state index contributed by atoms with van der Waals surface area (Å²) in [6.45, 7) is 0. The number of hydrogen-bond acceptors (Lipinski definition) is 4. The van der Waals surface area contributed by atoms with Gasteiger partial charge >= 0.3 is 0 Å². The maximum Gasteiger partial charge on any atom is 0.162 e. The van der Waals surface area contributed by atoms with Crippen LogP contribution in [0.1, 0.15) is 22.3 Å². The first-order valence-corrected chi connectivity index (χ1v) is 21.1. The Balaban J connectivity index is 1.17. The van der Waals surface area contributed by atoms with Crippen LogP contribution in [0.2, 0.25) is 0 Å². The summed E-state index contributed by atoms with van der Waals surface area (Å²) < 4.78 is 17.5. The predicted molar refractivity (Wildman–Crippen MR) is 237 cm³/mol. The molecule has 0 saturated carbocycles. The monoisotopic (exact) mass is 772 g/mol. The van der Waals surface area contributed by atoms with E-state index < -0.39 is 16.2 Å². The van der Waals surface area contributed by atoms with Crippen molar-refractivity contribution in [3.63, 3.8) is 0 Å². The van der Waals surface area contributed by atoms with Crippen molar-refractivity contribution in [2.24, 2.45) is 0 Å². The Morgan fingerprint density at radius 3 is 2.00 bits per heavy atom. The van der Waals surface area contributed by atoms with E-state index in [1.165, 1.54) is 44.2 Å². The maximum atomic E-state index is 15.0. The van der Waals surface area contributed by atoms with Crippen LogP contribution in [-0.2, 0) is 16.2 Å². The Kier molecular flexibility index (Phi) is 6.67. The van der Waals surface area contributed by atoms with E-state index in [2.05, 4.69) is 149 Å². The highest BCUT2D eigenvalue weighted by Gasteiger charge is 2.52. The molecule has 3 aliphatic rings. The molecule has 6 heteroatoms. The van der Waals surface area contributed by atoms with E-state index in [4.69, 9.17) is 9.97 Å². The van der Waals surface area contributed by atoms with Crippen molar-refractivity contribution in [3.05, 3.63) is 216 Å². The van der Waals surface area contributed by atoms with Gasteiger partial charge in [0.25, 0.3) is 0 Å². The molecule has 0 radical (unpaired) electrons. The molecule has 0 amide bonds. The third-order valence-electron chi connectivity index (χ3n) is 12.6. The smallest absolute Gasteiger partial charge is 0.162 e. The summed E-state index contributed by atoms with van der Waals surface area (Å²) in [5.41, 5.74) is 14.4. The summed E-state index contributed by atoms with van der Waals surface area (Å²) in [5, 5.41) is 2.47. The molecule has 2 aromatic heterocycles. The molecular weight excluding hydrogens is 741 g/mol. The molecule has 0 bridgehead atoms. The van der Waals surface area contributed by atoms with Gasteiger partial charge in [0.15, 0.2) is 5.82 Å². The van der Waals surface area contributed by atoms with Gasteiger partial charge in [0.2, 0.25) is 0 Å². The zero-order valence-electron chi connectivity index (χ0n) is 31.6. The lowest BCUT2D eigenvalue weighted by Gasteiger charge is -2.40. The number of para-hydroxylation sites is 4. The lowest BCUT2D eigenvalue weighted by molar-refractivity contribution is 0.682. The van der Waals surface area contributed by atoms with Crippen molar-refractivity contribution in [2.45, 2.75) is 15.2 Å². The highest BCUT2D eigenvalue weighted by Crippen LogP contribution is 2.65. The van der Waals surface area contributed by atoms with Crippen LogP contribution < -0.4 is 4.90 Å². The Morgan fingerprint density at radius 1 is 0.492 bits per heavy atom. The van der Waals surface area contributed by atoms with Crippen molar-refractivity contribution in [2.75, 3.05) is 4.90 Å². The second-order valence-electron chi connectivity index (χ2n) is 15.4. The van der Waals surface area contributed by atoms with Crippen LogP contribution in [0.4, 0.5) is 17.2 Å². The first kappa shape index (κ1) is 32.7. The SMILES string of the molecule is O=S1c2ccccc2N(c2cc(-c3ccccc3)nc(-c3ccccc3)n2)c2c1ccc1c2-c2ccccc2C12c1ccccc1-n1c3ccccc3c3cccc2c31. The van der Waals surface area contributed by atoms with Crippen molar-refractivity contribution in [1.29, 1.82) is 0 Å². The van der Waals surface area contributed by atoms with Gasteiger partial charge in [-0.2, -0.15) is 0 Å². The third-order valence-corrected chi connectivity index (χ3v) is 14.0. The topological polar surface area (TPSA) is 51.0 Å². The van der Waals surface area contributed by atoms with Crippen LogP contribution in [0.3, 0.4) is 0 Å². The van der Waals surface area contributed by atoms with Crippen LogP contribution in [0, 0.1) is 0 Å². The van der Waals surface area contributed by atoms with Crippen LogP contribution in [0.5, 0.6) is 0 Å². The zero-order valence-corrected chi connectivity index (χ0v) is 32.4. The molecule has 2 aliphatic heterocycles. The molecule has 276 valence electrons. The second-order valence-corrected chi connectivity index (χ2v) is 16.9. The van der Waals surface area contributed by atoms with Gasteiger partial charge in [-0.1, -0.05) is 158 Å². The zero-order chi connectivity index (χ0) is 38.8. The molecule has 13 rings (SSSR count). The van der Waals surface area contributed by atoms with Gasteiger partial charge in [-0.25, -0.2) is 14.2 Å². The lowest BCUT2D eigenvalue weighted by atomic mass is 9.65. The Bertz CT molecular complexity index is 3370. The Hall–Kier alpha value is -7.41. The van der Waals surface area contributed by atoms with E-state index >= 15 is 4.21 Å². The molecule has 59 heavy (non-hydrogen) atoms. The molecule has 4 heterocycles. The summed E-state index contributed by atoms with van der Waals surface area (Å²) in [4.78, 5) is 14.3. The molecule has 2 atom stereocenters. The average Bonchev–Trinajstić information content (AvgIpc) is 3.80. The van der Waals surface area contributed by atoms with Gasteiger partial charge < -0.3 is 4.57 Å². The van der Waals surface area contributed by atoms with Gasteiger partial charge in [-0.05, 0) is 58.1 Å². The standard InChI is InChI=1S/C53H32N4OS/c58-59-46-29-14-13-28-45(46)57(48-32-42(33-16-3-1-4-17-33)54-52(55-48)34-18-5-2-6-19-34)51-47(59)31-30-40-49(51)37-21-7-9-23-38(37)53(40)39-24-10-12-27-44(39)56-43-26-11-8-20-35(43)36-22-15-25-41(53)50(36)56/h1-32H. The van der Waals surface area contributed by atoms with E-state index in [-0.39, 0.29) is 0 Å². The van der Waals surface area contributed by atoms with E-state index in [1.807, 2.05) is 54.6 Å². The molecule has 1 spiro atoms. The van der Waals surface area contributed by atoms with Crippen molar-refractivity contribution < 1.29 is 4.21 Å². The van der Waals surface area contributed by atoms with Crippen LogP contribution in [0.15, 0.2) is 204 Å². The molecule has 10 aromatic rings. The first-order valence-electron chi connectivity index (χ1n) is 19.9. The van der Waals surface area contributed by atoms with Crippen molar-refractivity contribution >= 4 is 49.8 Å². The fourth-order valence-corrected chi connectivity index (χ4v) is 11.6. The van der Waals surface area contributed by atoms with Gasteiger partial charge in [0.05, 0.1) is 59.8 Å². The van der Waals surface area contributed by atoms with E-state index in [0.717, 1.165) is 54.7 Å². The number of nitrogens with zero attached hydrogens (tertiary/aromatic N) is 4. The average molecular weight is 773 g/mol. The molecule has 8 aromatic carbocycles. The fraction of sp³-hybridized carbons (Fsp3) is 0.0189. The van der Waals surface area contributed by atoms with Crippen LogP contribution in [0.25, 0.3) is 61.3 Å². The summed E-state index contributed by atoms with van der Waals surface area (Å²) in [6.07, 6.45) is 0. The van der Waals surface area contributed by atoms with E-state index in [0.29, 0.717) is 11.6 Å². The first-order chi connectivity index (χ1) is 29.2. The molecule has 2 unspecified atom stereocenters. The Labute approximate surface area is 343 Å². The number of aromatic nitrogens is 3. The largest absolute Gasteiger partial charge is 0.309 e. The number of anilines is 3. The molecule has 0 fully saturated rings. The lowest BCUT2D eigenvalue weighted by Crippen LogP contribution is -2.33. The van der Waals surface area contributed by atoms with Crippen molar-refractivity contribution in [3.8, 4) is 39.5 Å². The van der Waals surface area contributed by atoms with Gasteiger partial charge in [-0.3, -0.25) is 4.90 Å². The number of hydrogen-bond donors (Lipinski definition) is 0. The number of rotatable bonds is 3. The van der Waals surface area contributed by atoms with Crippen LogP contribution >= 0.6 is 0 Å². The molecule has 1 aliphatic carbocycles. The molecule has 0 saturated heterocycles. The van der Waals surface area contributed by atoms with Gasteiger partial charge in [0.1, 0.15) is 5.82 Å². The summed E-state index contributed by atoms with van der Waals surface area (Å²) in [6, 6.07) is 68.3. The third kappa shape index (κ3) is 4.25.